The van der Waals surface area contributed by atoms with Gasteiger partial charge in [-0.25, -0.2) is 0 Å². The lowest BCUT2D eigenvalue weighted by Gasteiger charge is -2.19. The third-order valence-corrected chi connectivity index (χ3v) is 4.65. The molecule has 0 bridgehead atoms. The van der Waals surface area contributed by atoms with Gasteiger partial charge in [-0.2, -0.15) is 0 Å². The Morgan fingerprint density at radius 2 is 2.00 bits per heavy atom. The first kappa shape index (κ1) is 19.4. The lowest BCUT2D eigenvalue weighted by atomic mass is 10.2. The molecule has 25 heavy (non-hydrogen) atoms. The number of likely N-dealkylation sites (tertiary alicyclic amines) is 1. The molecule has 0 atom stereocenters. The lowest BCUT2D eigenvalue weighted by molar-refractivity contribution is -0.135. The number of carbonyl (C=O) groups is 3. The van der Waals surface area contributed by atoms with Gasteiger partial charge in [0.25, 0.3) is 0 Å². The van der Waals surface area contributed by atoms with Crippen LogP contribution in [0.15, 0.2) is 22.7 Å². The largest absolute Gasteiger partial charge is 0.354 e. The fourth-order valence-electron chi connectivity index (χ4n) is 2.69. The predicted molar refractivity (Wildman–Crippen MR) is 100 cm³/mol. The number of nitrogens with one attached hydrogen (secondary N) is 2. The summed E-state index contributed by atoms with van der Waals surface area (Å²) in [5, 5.41) is 5.55. The molecule has 136 valence electrons. The first-order valence-electron chi connectivity index (χ1n) is 8.56. The summed E-state index contributed by atoms with van der Waals surface area (Å²) in [6.07, 6.45) is 3.56. The van der Waals surface area contributed by atoms with E-state index < -0.39 is 0 Å². The van der Waals surface area contributed by atoms with Crippen molar-refractivity contribution in [3.63, 3.8) is 0 Å². The Bertz CT molecular complexity index is 648. The second kappa shape index (κ2) is 9.56. The van der Waals surface area contributed by atoms with Crippen LogP contribution in [-0.2, 0) is 14.4 Å². The fraction of sp³-hybridized carbons (Fsp3) is 0.500. The number of halogens is 1. The number of nitrogens with zero attached hydrogens (tertiary/aromatic N) is 1. The van der Waals surface area contributed by atoms with Gasteiger partial charge in [-0.1, -0.05) is 28.4 Å². The minimum Gasteiger partial charge on any atom is -0.354 e. The quantitative estimate of drug-likeness (QED) is 0.757. The minimum absolute atomic E-state index is 0.0375. The lowest BCUT2D eigenvalue weighted by Crippen LogP contribution is -2.41. The summed E-state index contributed by atoms with van der Waals surface area (Å²) in [5.41, 5.74) is 1.72. The van der Waals surface area contributed by atoms with Crippen LogP contribution in [0, 0.1) is 6.92 Å². The Kier molecular flexibility index (Phi) is 7.43. The molecule has 0 aromatic heterocycles. The Balaban J connectivity index is 1.72. The third-order valence-electron chi connectivity index (χ3n) is 4.15. The van der Waals surface area contributed by atoms with Crippen LogP contribution in [0.5, 0.6) is 0 Å². The predicted octanol–water partition coefficient (Wildman–Crippen LogP) is 2.60. The molecule has 1 aliphatic heterocycles. The molecular weight excluding hydrogens is 386 g/mol. The monoisotopic (exact) mass is 409 g/mol. The van der Waals surface area contributed by atoms with Crippen molar-refractivity contribution < 1.29 is 14.4 Å². The number of rotatable bonds is 6. The van der Waals surface area contributed by atoms with Gasteiger partial charge in [0.15, 0.2) is 0 Å². The zero-order valence-corrected chi connectivity index (χ0v) is 16.0. The average molecular weight is 410 g/mol. The van der Waals surface area contributed by atoms with Crippen LogP contribution in [0.25, 0.3) is 0 Å². The van der Waals surface area contributed by atoms with Crippen LogP contribution in [-0.4, -0.2) is 42.3 Å². The van der Waals surface area contributed by atoms with E-state index in [-0.39, 0.29) is 37.2 Å². The van der Waals surface area contributed by atoms with Crippen LogP contribution in [0.2, 0.25) is 0 Å². The maximum absolute atomic E-state index is 12.0. The van der Waals surface area contributed by atoms with Gasteiger partial charge in [-0.05, 0) is 37.5 Å². The second-order valence-corrected chi connectivity index (χ2v) is 7.15. The van der Waals surface area contributed by atoms with Gasteiger partial charge >= 0.3 is 0 Å². The normalized spacial score (nSPS) is 14.8. The molecule has 6 nitrogen and oxygen atoms in total. The highest BCUT2D eigenvalue weighted by Gasteiger charge is 2.19. The molecule has 1 aromatic rings. The molecule has 2 rings (SSSR count). The summed E-state index contributed by atoms with van der Waals surface area (Å²) >= 11 is 3.37. The zero-order chi connectivity index (χ0) is 18.2. The summed E-state index contributed by atoms with van der Waals surface area (Å²) in [4.78, 5) is 37.4. The summed E-state index contributed by atoms with van der Waals surface area (Å²) in [6, 6.07) is 5.67. The van der Waals surface area contributed by atoms with Crippen molar-refractivity contribution in [3.05, 3.63) is 28.2 Å². The molecule has 1 saturated heterocycles. The van der Waals surface area contributed by atoms with Crippen molar-refractivity contribution in [2.75, 3.05) is 25.0 Å². The van der Waals surface area contributed by atoms with Gasteiger partial charge in [0, 0.05) is 36.1 Å². The Hall–Kier alpha value is -1.89. The molecule has 1 aromatic carbocycles. The van der Waals surface area contributed by atoms with E-state index in [1.54, 1.807) is 4.90 Å². The minimum atomic E-state index is -0.221. The van der Waals surface area contributed by atoms with Crippen LogP contribution in [0.3, 0.4) is 0 Å². The molecule has 2 N–H and O–H groups in total. The maximum Gasteiger partial charge on any atom is 0.239 e. The van der Waals surface area contributed by atoms with Gasteiger partial charge in [0.05, 0.1) is 6.54 Å². The van der Waals surface area contributed by atoms with Crippen molar-refractivity contribution in [1.82, 2.24) is 10.2 Å². The first-order chi connectivity index (χ1) is 12.0. The summed E-state index contributed by atoms with van der Waals surface area (Å²) in [7, 11) is 0. The number of aryl methyl sites for hydroxylation is 1. The van der Waals surface area contributed by atoms with E-state index >= 15 is 0 Å². The smallest absolute Gasteiger partial charge is 0.239 e. The Labute approximate surface area is 156 Å². The Morgan fingerprint density at radius 1 is 1.20 bits per heavy atom. The molecule has 1 heterocycles. The first-order valence-corrected chi connectivity index (χ1v) is 9.35. The van der Waals surface area contributed by atoms with Crippen molar-refractivity contribution in [1.29, 1.82) is 0 Å². The van der Waals surface area contributed by atoms with E-state index in [9.17, 15) is 14.4 Å². The van der Waals surface area contributed by atoms with Gasteiger partial charge in [0.1, 0.15) is 0 Å². The topological polar surface area (TPSA) is 78.5 Å². The van der Waals surface area contributed by atoms with Crippen LogP contribution in [0.4, 0.5) is 5.69 Å². The van der Waals surface area contributed by atoms with E-state index in [0.717, 1.165) is 35.0 Å². The van der Waals surface area contributed by atoms with Gasteiger partial charge < -0.3 is 15.5 Å². The summed E-state index contributed by atoms with van der Waals surface area (Å²) < 4.78 is 0.892. The van der Waals surface area contributed by atoms with Gasteiger partial charge in [-0.3, -0.25) is 14.4 Å². The maximum atomic E-state index is 12.0. The van der Waals surface area contributed by atoms with Gasteiger partial charge in [0.2, 0.25) is 17.7 Å². The standard InChI is InChI=1S/C18H24BrN3O3/c1-13-6-7-14(19)11-15(13)21-16(23)8-9-20-17(24)12-22-10-4-2-3-5-18(22)25/h6-7,11H,2-5,8-10,12H2,1H3,(H,20,24)(H,21,23). The molecule has 0 spiro atoms. The van der Waals surface area contributed by atoms with Crippen LogP contribution in [0.1, 0.15) is 37.7 Å². The van der Waals surface area contributed by atoms with E-state index in [0.29, 0.717) is 13.0 Å². The number of benzene rings is 1. The van der Waals surface area contributed by atoms with Crippen molar-refractivity contribution >= 4 is 39.3 Å². The van der Waals surface area contributed by atoms with E-state index in [4.69, 9.17) is 0 Å². The summed E-state index contributed by atoms with van der Waals surface area (Å²) in [6.45, 7) is 2.88. The molecule has 1 aliphatic rings. The fourth-order valence-corrected chi connectivity index (χ4v) is 3.05. The van der Waals surface area contributed by atoms with Gasteiger partial charge in [-0.15, -0.1) is 0 Å². The number of hydrogen-bond donors (Lipinski definition) is 2. The molecule has 1 fully saturated rings. The molecule has 7 heteroatoms. The molecule has 3 amide bonds. The van der Waals surface area contributed by atoms with Crippen molar-refractivity contribution in [2.24, 2.45) is 0 Å². The molecule has 0 saturated carbocycles. The number of amides is 3. The Morgan fingerprint density at radius 3 is 2.80 bits per heavy atom. The zero-order valence-electron chi connectivity index (χ0n) is 14.4. The van der Waals surface area contributed by atoms with E-state index in [1.165, 1.54) is 0 Å². The van der Waals surface area contributed by atoms with Crippen molar-refractivity contribution in [2.45, 2.75) is 39.0 Å². The molecule has 0 aliphatic carbocycles. The van der Waals surface area contributed by atoms with E-state index in [1.807, 2.05) is 25.1 Å². The molecule has 0 radical (unpaired) electrons. The van der Waals surface area contributed by atoms with Crippen LogP contribution < -0.4 is 10.6 Å². The average Bonchev–Trinajstić information content (AvgIpc) is 2.76. The number of anilines is 1. The highest BCUT2D eigenvalue weighted by Crippen LogP contribution is 2.20. The number of carbonyl (C=O) groups excluding carboxylic acids is 3. The molecule has 0 unspecified atom stereocenters. The van der Waals surface area contributed by atoms with E-state index in [2.05, 4.69) is 26.6 Å². The second-order valence-electron chi connectivity index (χ2n) is 6.23. The summed E-state index contributed by atoms with van der Waals surface area (Å²) in [5.74, 6) is -0.343. The highest BCUT2D eigenvalue weighted by atomic mass is 79.9. The number of hydrogen-bond acceptors (Lipinski definition) is 3. The third kappa shape index (κ3) is 6.49. The van der Waals surface area contributed by atoms with Crippen molar-refractivity contribution in [3.8, 4) is 0 Å². The molecular formula is C18H24BrN3O3. The highest BCUT2D eigenvalue weighted by molar-refractivity contribution is 9.10. The van der Waals surface area contributed by atoms with Crippen LogP contribution >= 0.6 is 15.9 Å². The SMILES string of the molecule is Cc1ccc(Br)cc1NC(=O)CCNC(=O)CN1CCCCCC1=O.